The fourth-order valence-corrected chi connectivity index (χ4v) is 2.85. The number of phenols is 1. The number of carbonyl (C=O) groups excluding carboxylic acids is 2. The van der Waals surface area contributed by atoms with Crippen LogP contribution in [0.4, 0.5) is 5.69 Å². The molecule has 1 aromatic carbocycles. The summed E-state index contributed by atoms with van der Waals surface area (Å²) in [5.74, 6) is -0.950. The Morgan fingerprint density at radius 1 is 1.11 bits per heavy atom. The molecule has 98 valence electrons. The van der Waals surface area contributed by atoms with Gasteiger partial charge < -0.3 is 5.11 Å². The summed E-state index contributed by atoms with van der Waals surface area (Å²) in [6.07, 6.45) is 5.12. The number of imide groups is 1. The molecule has 1 N–H and O–H groups in total. The van der Waals surface area contributed by atoms with Gasteiger partial charge >= 0.3 is 0 Å². The minimum atomic E-state index is -0.266. The van der Waals surface area contributed by atoms with Crippen LogP contribution in [0.3, 0.4) is 0 Å². The Morgan fingerprint density at radius 2 is 1.68 bits per heavy atom. The van der Waals surface area contributed by atoms with E-state index in [-0.39, 0.29) is 29.4 Å². The molecule has 2 unspecified atom stereocenters. The molecule has 4 nitrogen and oxygen atoms in total. The fourth-order valence-electron chi connectivity index (χ4n) is 2.85. The Morgan fingerprint density at radius 3 is 2.26 bits per heavy atom. The van der Waals surface area contributed by atoms with Crippen molar-refractivity contribution in [3.05, 3.63) is 35.9 Å². The van der Waals surface area contributed by atoms with Crippen LogP contribution in [-0.2, 0) is 9.59 Å². The number of hydrogen-bond donors (Lipinski definition) is 1. The Bertz CT molecular complexity index is 565. The van der Waals surface area contributed by atoms with Gasteiger partial charge in [0, 0.05) is 0 Å². The van der Waals surface area contributed by atoms with E-state index in [1.54, 1.807) is 12.1 Å². The maximum absolute atomic E-state index is 12.4. The van der Waals surface area contributed by atoms with Crippen LogP contribution >= 0.6 is 0 Å². The van der Waals surface area contributed by atoms with Gasteiger partial charge in [-0.1, -0.05) is 18.2 Å². The molecule has 1 aromatic rings. The molecule has 1 saturated heterocycles. The number of carbonyl (C=O) groups is 2. The second kappa shape index (κ2) is 4.23. The Labute approximate surface area is 111 Å². The topological polar surface area (TPSA) is 57.6 Å². The van der Waals surface area contributed by atoms with Crippen LogP contribution in [0.2, 0.25) is 0 Å². The number of benzene rings is 1. The van der Waals surface area contributed by atoms with Gasteiger partial charge in [-0.05, 0) is 37.5 Å². The van der Waals surface area contributed by atoms with Gasteiger partial charge in [0.2, 0.25) is 11.8 Å². The quantitative estimate of drug-likeness (QED) is 0.619. The average Bonchev–Trinajstić information content (AvgIpc) is 2.66. The average molecular weight is 257 g/mol. The second-order valence-electron chi connectivity index (χ2n) is 5.16. The van der Waals surface area contributed by atoms with Gasteiger partial charge in [-0.25, -0.2) is 4.90 Å². The zero-order valence-electron chi connectivity index (χ0n) is 10.7. The number of aromatic hydroxyl groups is 1. The summed E-state index contributed by atoms with van der Waals surface area (Å²) in [7, 11) is 0. The standard InChI is InChI=1S/C15H15NO3/c1-9-6-7-13(17)12(8-9)16-14(18)10-4-2-3-5-11(10)15(16)19/h2-3,6-8,10-11,17H,4-5H2,1H3. The first-order valence-electron chi connectivity index (χ1n) is 6.42. The highest BCUT2D eigenvalue weighted by Gasteiger charge is 2.48. The summed E-state index contributed by atoms with van der Waals surface area (Å²) < 4.78 is 0. The van der Waals surface area contributed by atoms with Gasteiger partial charge in [-0.3, -0.25) is 9.59 Å². The van der Waals surface area contributed by atoms with E-state index in [0.717, 1.165) is 10.5 Å². The second-order valence-corrected chi connectivity index (χ2v) is 5.16. The molecule has 0 saturated carbocycles. The number of phenolic OH excluding ortho intramolecular Hbond substituents is 1. The third-order valence-corrected chi connectivity index (χ3v) is 3.88. The number of allylic oxidation sites excluding steroid dienone is 2. The highest BCUT2D eigenvalue weighted by Crippen LogP contribution is 2.40. The Balaban J connectivity index is 2.04. The van der Waals surface area contributed by atoms with E-state index < -0.39 is 0 Å². The van der Waals surface area contributed by atoms with Gasteiger partial charge in [-0.15, -0.1) is 0 Å². The highest BCUT2D eigenvalue weighted by molar-refractivity contribution is 6.22. The van der Waals surface area contributed by atoms with Crippen LogP contribution in [-0.4, -0.2) is 16.9 Å². The zero-order valence-corrected chi connectivity index (χ0v) is 10.7. The van der Waals surface area contributed by atoms with Crippen molar-refractivity contribution in [2.24, 2.45) is 11.8 Å². The summed E-state index contributed by atoms with van der Waals surface area (Å²) in [5.41, 5.74) is 1.21. The molecule has 0 radical (unpaired) electrons. The molecule has 1 aliphatic heterocycles. The van der Waals surface area contributed by atoms with Gasteiger partial charge in [0.25, 0.3) is 0 Å². The van der Waals surface area contributed by atoms with E-state index in [0.29, 0.717) is 18.5 Å². The lowest BCUT2D eigenvalue weighted by atomic mass is 9.85. The first-order chi connectivity index (χ1) is 9.09. The molecule has 1 heterocycles. The SMILES string of the molecule is Cc1ccc(O)c(N2C(=O)C3CC=CCC3C2=O)c1. The molecule has 0 aromatic heterocycles. The van der Waals surface area contributed by atoms with Crippen molar-refractivity contribution in [1.82, 2.24) is 0 Å². The van der Waals surface area contributed by atoms with E-state index in [2.05, 4.69) is 0 Å². The van der Waals surface area contributed by atoms with Gasteiger partial charge in [0.1, 0.15) is 5.75 Å². The third kappa shape index (κ3) is 1.75. The molecule has 4 heteroatoms. The number of amides is 2. The lowest BCUT2D eigenvalue weighted by Gasteiger charge is -2.16. The predicted molar refractivity (Wildman–Crippen MR) is 70.7 cm³/mol. The van der Waals surface area contributed by atoms with E-state index in [1.165, 1.54) is 6.07 Å². The van der Waals surface area contributed by atoms with Crippen LogP contribution in [0.5, 0.6) is 5.75 Å². The molecule has 2 amide bonds. The van der Waals surface area contributed by atoms with Crippen molar-refractivity contribution in [2.45, 2.75) is 19.8 Å². The minimum Gasteiger partial charge on any atom is -0.506 e. The number of anilines is 1. The smallest absolute Gasteiger partial charge is 0.238 e. The predicted octanol–water partition coefficient (Wildman–Crippen LogP) is 2.16. The van der Waals surface area contributed by atoms with Crippen molar-refractivity contribution in [1.29, 1.82) is 0 Å². The van der Waals surface area contributed by atoms with E-state index in [4.69, 9.17) is 0 Å². The van der Waals surface area contributed by atoms with E-state index in [1.807, 2.05) is 19.1 Å². The van der Waals surface area contributed by atoms with Crippen LogP contribution in [0.1, 0.15) is 18.4 Å². The van der Waals surface area contributed by atoms with Crippen molar-refractivity contribution >= 4 is 17.5 Å². The molecule has 3 rings (SSSR count). The number of fused-ring (bicyclic) bond motifs is 1. The highest BCUT2D eigenvalue weighted by atomic mass is 16.3. The molecule has 2 atom stereocenters. The molecule has 0 spiro atoms. The molecule has 19 heavy (non-hydrogen) atoms. The maximum Gasteiger partial charge on any atom is 0.238 e. The minimum absolute atomic E-state index is 0.0288. The fraction of sp³-hybridized carbons (Fsp3) is 0.333. The van der Waals surface area contributed by atoms with E-state index >= 15 is 0 Å². The molecular weight excluding hydrogens is 242 g/mol. The first kappa shape index (κ1) is 12.0. The molecule has 0 bridgehead atoms. The van der Waals surface area contributed by atoms with Crippen LogP contribution in [0.15, 0.2) is 30.4 Å². The molecule has 1 fully saturated rings. The summed E-state index contributed by atoms with van der Waals surface area (Å²) >= 11 is 0. The molecular formula is C15H15NO3. The van der Waals surface area contributed by atoms with Gasteiger partial charge in [-0.2, -0.15) is 0 Å². The van der Waals surface area contributed by atoms with Gasteiger partial charge in [0.05, 0.1) is 17.5 Å². The monoisotopic (exact) mass is 257 g/mol. The van der Waals surface area contributed by atoms with E-state index in [9.17, 15) is 14.7 Å². The number of nitrogens with zero attached hydrogens (tertiary/aromatic N) is 1. The largest absolute Gasteiger partial charge is 0.506 e. The van der Waals surface area contributed by atoms with Crippen LogP contribution < -0.4 is 4.90 Å². The van der Waals surface area contributed by atoms with Gasteiger partial charge in [0.15, 0.2) is 0 Å². The van der Waals surface area contributed by atoms with Crippen molar-refractivity contribution in [3.8, 4) is 5.75 Å². The normalized spacial score (nSPS) is 25.8. The van der Waals surface area contributed by atoms with Crippen LogP contribution in [0, 0.1) is 18.8 Å². The lowest BCUT2D eigenvalue weighted by Crippen LogP contribution is -2.31. The van der Waals surface area contributed by atoms with Crippen molar-refractivity contribution in [3.63, 3.8) is 0 Å². The summed E-state index contributed by atoms with van der Waals surface area (Å²) in [4.78, 5) is 25.9. The molecule has 1 aliphatic carbocycles. The summed E-state index contributed by atoms with van der Waals surface area (Å²) in [6.45, 7) is 1.86. The Hall–Kier alpha value is -2.10. The maximum atomic E-state index is 12.4. The Kier molecular flexibility index (Phi) is 2.66. The van der Waals surface area contributed by atoms with Crippen molar-refractivity contribution < 1.29 is 14.7 Å². The number of aryl methyl sites for hydroxylation is 1. The number of hydrogen-bond acceptors (Lipinski definition) is 3. The van der Waals surface area contributed by atoms with Crippen LogP contribution in [0.25, 0.3) is 0 Å². The zero-order chi connectivity index (χ0) is 13.6. The molecule has 2 aliphatic rings. The first-order valence-corrected chi connectivity index (χ1v) is 6.42. The lowest BCUT2D eigenvalue weighted by molar-refractivity contribution is -0.122. The summed E-state index contributed by atoms with van der Waals surface area (Å²) in [5, 5.41) is 9.90. The van der Waals surface area contributed by atoms with Crippen molar-refractivity contribution in [2.75, 3.05) is 4.90 Å². The summed E-state index contributed by atoms with van der Waals surface area (Å²) in [6, 6.07) is 4.94. The third-order valence-electron chi connectivity index (χ3n) is 3.88. The number of rotatable bonds is 1.